The molecular weight excluding hydrogens is 337 g/mol. The lowest BCUT2D eigenvalue weighted by Gasteiger charge is -2.08. The van der Waals surface area contributed by atoms with E-state index in [0.29, 0.717) is 10.1 Å². The van der Waals surface area contributed by atoms with Crippen molar-refractivity contribution in [2.45, 2.75) is 19.4 Å². The first kappa shape index (κ1) is 18.5. The number of benzene rings is 1. The highest BCUT2D eigenvalue weighted by Crippen LogP contribution is 2.12. The fourth-order valence-electron chi connectivity index (χ4n) is 2.17. The highest BCUT2D eigenvalue weighted by molar-refractivity contribution is 5.85. The van der Waals surface area contributed by atoms with Crippen LogP contribution in [0.1, 0.15) is 17.9 Å². The molecule has 1 aromatic heterocycles. The standard InChI is InChI=1S/C16H17F3N4O2/c17-12-3-1-2-11(8-12)9-14(24)22-10-15(25)21-5-4-13-20-6-7-23(13)16(18)19/h1-3,6-8,16H,4-5,9-10H2,(H,21,25)(H,22,24). The molecule has 134 valence electrons. The van der Waals surface area contributed by atoms with Crippen LogP contribution in [0.4, 0.5) is 13.2 Å². The summed E-state index contributed by atoms with van der Waals surface area (Å²) >= 11 is 0. The number of alkyl halides is 2. The number of hydrogen-bond donors (Lipinski definition) is 2. The molecule has 0 aliphatic heterocycles. The van der Waals surface area contributed by atoms with E-state index in [2.05, 4.69) is 15.6 Å². The highest BCUT2D eigenvalue weighted by atomic mass is 19.3. The van der Waals surface area contributed by atoms with Gasteiger partial charge in [0.05, 0.1) is 13.0 Å². The summed E-state index contributed by atoms with van der Waals surface area (Å²) in [5, 5.41) is 4.91. The summed E-state index contributed by atoms with van der Waals surface area (Å²) < 4.78 is 39.0. The Balaban J connectivity index is 1.68. The molecule has 0 bridgehead atoms. The number of rotatable bonds is 8. The maximum Gasteiger partial charge on any atom is 0.319 e. The topological polar surface area (TPSA) is 76.0 Å². The Bertz CT molecular complexity index is 734. The molecule has 0 aliphatic carbocycles. The van der Waals surface area contributed by atoms with Crippen LogP contribution in [0.15, 0.2) is 36.7 Å². The van der Waals surface area contributed by atoms with E-state index in [1.165, 1.54) is 24.4 Å². The van der Waals surface area contributed by atoms with Gasteiger partial charge in [0.15, 0.2) is 0 Å². The predicted octanol–water partition coefficient (Wildman–Crippen LogP) is 1.43. The van der Waals surface area contributed by atoms with Crippen molar-refractivity contribution in [3.05, 3.63) is 53.9 Å². The summed E-state index contributed by atoms with van der Waals surface area (Å²) in [7, 11) is 0. The lowest BCUT2D eigenvalue weighted by molar-refractivity contribution is -0.125. The Morgan fingerprint density at radius 2 is 2.00 bits per heavy atom. The van der Waals surface area contributed by atoms with E-state index >= 15 is 0 Å². The second kappa shape index (κ2) is 8.86. The van der Waals surface area contributed by atoms with E-state index in [9.17, 15) is 22.8 Å². The number of carbonyl (C=O) groups is 2. The van der Waals surface area contributed by atoms with Gasteiger partial charge < -0.3 is 10.6 Å². The van der Waals surface area contributed by atoms with Crippen molar-refractivity contribution >= 4 is 11.8 Å². The van der Waals surface area contributed by atoms with Crippen molar-refractivity contribution in [1.29, 1.82) is 0 Å². The van der Waals surface area contributed by atoms with Crippen LogP contribution in [0.5, 0.6) is 0 Å². The second-order valence-corrected chi connectivity index (χ2v) is 5.21. The highest BCUT2D eigenvalue weighted by Gasteiger charge is 2.12. The van der Waals surface area contributed by atoms with Gasteiger partial charge >= 0.3 is 6.55 Å². The van der Waals surface area contributed by atoms with Crippen molar-refractivity contribution < 1.29 is 22.8 Å². The molecule has 2 amide bonds. The lowest BCUT2D eigenvalue weighted by atomic mass is 10.1. The number of aromatic nitrogens is 2. The molecule has 9 heteroatoms. The molecular formula is C16H17F3N4O2. The van der Waals surface area contributed by atoms with Gasteiger partial charge in [-0.15, -0.1) is 0 Å². The molecule has 0 saturated carbocycles. The average Bonchev–Trinajstić information content (AvgIpc) is 3.02. The van der Waals surface area contributed by atoms with Crippen molar-refractivity contribution in [3.63, 3.8) is 0 Å². The van der Waals surface area contributed by atoms with Crippen LogP contribution in [0, 0.1) is 5.82 Å². The quantitative estimate of drug-likeness (QED) is 0.753. The van der Waals surface area contributed by atoms with E-state index in [1.807, 2.05) is 0 Å². The number of hydrogen-bond acceptors (Lipinski definition) is 3. The fraction of sp³-hybridized carbons (Fsp3) is 0.312. The first-order valence-corrected chi connectivity index (χ1v) is 7.53. The van der Waals surface area contributed by atoms with Gasteiger partial charge in [0.2, 0.25) is 11.8 Å². The Kier molecular flexibility index (Phi) is 6.55. The Labute approximate surface area is 142 Å². The molecule has 0 unspecified atom stereocenters. The number of nitrogens with zero attached hydrogens (tertiary/aromatic N) is 2. The van der Waals surface area contributed by atoms with Crippen LogP contribution >= 0.6 is 0 Å². The summed E-state index contributed by atoms with van der Waals surface area (Å²) in [6.45, 7) is -2.82. The van der Waals surface area contributed by atoms with E-state index in [-0.39, 0.29) is 31.8 Å². The Morgan fingerprint density at radius 3 is 2.72 bits per heavy atom. The normalized spacial score (nSPS) is 10.7. The summed E-state index contributed by atoms with van der Waals surface area (Å²) in [6, 6.07) is 5.61. The molecule has 0 radical (unpaired) electrons. The summed E-state index contributed by atoms with van der Waals surface area (Å²) in [4.78, 5) is 27.1. The molecule has 0 atom stereocenters. The minimum Gasteiger partial charge on any atom is -0.354 e. The summed E-state index contributed by atoms with van der Waals surface area (Å²) in [5.74, 6) is -1.16. The third kappa shape index (κ3) is 5.94. The molecule has 1 heterocycles. The van der Waals surface area contributed by atoms with Crippen LogP contribution in [0.25, 0.3) is 0 Å². The largest absolute Gasteiger partial charge is 0.354 e. The van der Waals surface area contributed by atoms with Crippen LogP contribution < -0.4 is 10.6 Å². The van der Waals surface area contributed by atoms with Crippen LogP contribution in [0.3, 0.4) is 0 Å². The SMILES string of the molecule is O=C(CNC(=O)Cc1cccc(F)c1)NCCc1nccn1C(F)F. The van der Waals surface area contributed by atoms with Gasteiger partial charge in [-0.3, -0.25) is 14.2 Å². The molecule has 1 aromatic carbocycles. The molecule has 0 fully saturated rings. The van der Waals surface area contributed by atoms with Crippen molar-refractivity contribution in [2.24, 2.45) is 0 Å². The molecule has 2 aromatic rings. The zero-order valence-electron chi connectivity index (χ0n) is 13.2. The number of halogens is 3. The van der Waals surface area contributed by atoms with Crippen LogP contribution in [-0.4, -0.2) is 34.5 Å². The minimum absolute atomic E-state index is 0.0448. The van der Waals surface area contributed by atoms with E-state index in [4.69, 9.17) is 0 Å². The van der Waals surface area contributed by atoms with Crippen LogP contribution in [-0.2, 0) is 22.4 Å². The van der Waals surface area contributed by atoms with E-state index in [1.54, 1.807) is 6.07 Å². The maximum atomic E-state index is 13.0. The van der Waals surface area contributed by atoms with Crippen molar-refractivity contribution in [2.75, 3.05) is 13.1 Å². The molecule has 2 rings (SSSR count). The van der Waals surface area contributed by atoms with Gasteiger partial charge in [-0.25, -0.2) is 9.37 Å². The molecule has 2 N–H and O–H groups in total. The van der Waals surface area contributed by atoms with Gasteiger partial charge in [-0.05, 0) is 17.7 Å². The first-order valence-electron chi connectivity index (χ1n) is 7.53. The van der Waals surface area contributed by atoms with Gasteiger partial charge in [0.1, 0.15) is 11.6 Å². The second-order valence-electron chi connectivity index (χ2n) is 5.21. The summed E-state index contributed by atoms with van der Waals surface area (Å²) in [5.41, 5.74) is 0.497. The Morgan fingerprint density at radius 1 is 1.20 bits per heavy atom. The summed E-state index contributed by atoms with van der Waals surface area (Å²) in [6.07, 6.45) is 2.52. The number of amides is 2. The minimum atomic E-state index is -2.68. The maximum absolute atomic E-state index is 13.0. The third-order valence-electron chi connectivity index (χ3n) is 3.33. The molecule has 0 saturated heterocycles. The predicted molar refractivity (Wildman–Crippen MR) is 83.3 cm³/mol. The first-order chi connectivity index (χ1) is 12.0. The number of imidazole rings is 1. The van der Waals surface area contributed by atoms with E-state index < -0.39 is 24.2 Å². The molecule has 6 nitrogen and oxygen atoms in total. The smallest absolute Gasteiger partial charge is 0.319 e. The van der Waals surface area contributed by atoms with Gasteiger partial charge in [-0.2, -0.15) is 8.78 Å². The zero-order valence-corrected chi connectivity index (χ0v) is 13.2. The number of nitrogens with one attached hydrogen (secondary N) is 2. The van der Waals surface area contributed by atoms with Crippen molar-refractivity contribution in [3.8, 4) is 0 Å². The zero-order chi connectivity index (χ0) is 18.2. The average molecular weight is 354 g/mol. The Hall–Kier alpha value is -2.84. The monoisotopic (exact) mass is 354 g/mol. The third-order valence-corrected chi connectivity index (χ3v) is 3.33. The molecule has 25 heavy (non-hydrogen) atoms. The van der Waals surface area contributed by atoms with Gasteiger partial charge in [0, 0.05) is 25.4 Å². The van der Waals surface area contributed by atoms with E-state index in [0.717, 1.165) is 6.20 Å². The molecule has 0 aliphatic rings. The molecule has 0 spiro atoms. The van der Waals surface area contributed by atoms with Crippen LogP contribution in [0.2, 0.25) is 0 Å². The fourth-order valence-corrected chi connectivity index (χ4v) is 2.17. The number of carbonyl (C=O) groups excluding carboxylic acids is 2. The lowest BCUT2D eigenvalue weighted by Crippen LogP contribution is -2.38. The van der Waals surface area contributed by atoms with Crippen molar-refractivity contribution in [1.82, 2.24) is 20.2 Å². The van der Waals surface area contributed by atoms with Gasteiger partial charge in [0.25, 0.3) is 0 Å². The van der Waals surface area contributed by atoms with Gasteiger partial charge in [-0.1, -0.05) is 12.1 Å².